The first-order chi connectivity index (χ1) is 8.07. The topological polar surface area (TPSA) is 34.1 Å². The number of nitrogens with zero attached hydrogens (tertiary/aromatic N) is 1. The average Bonchev–Trinajstić information content (AvgIpc) is 2.60. The number of nitrogens with one attached hydrogen (secondary N) is 1. The molecule has 2 rings (SSSR count). The molecule has 2 atom stereocenters. The van der Waals surface area contributed by atoms with Crippen molar-refractivity contribution in [3.63, 3.8) is 0 Å². The second-order valence-corrected chi connectivity index (χ2v) is 6.32. The molecule has 0 aliphatic heterocycles. The van der Waals surface area contributed by atoms with Crippen molar-refractivity contribution in [2.75, 3.05) is 26.8 Å². The van der Waals surface area contributed by atoms with Gasteiger partial charge in [0.25, 0.3) is 0 Å². The number of aryl methyl sites for hydroxylation is 1. The van der Waals surface area contributed by atoms with Crippen molar-refractivity contribution in [1.82, 2.24) is 10.3 Å². The molecule has 1 aromatic heterocycles. The molecule has 3 nitrogen and oxygen atoms in total. The third-order valence-corrected chi connectivity index (χ3v) is 4.85. The summed E-state index contributed by atoms with van der Waals surface area (Å²) in [6.45, 7) is 9.55. The largest absolute Gasteiger partial charge is 0.383 e. The van der Waals surface area contributed by atoms with E-state index in [0.29, 0.717) is 17.3 Å². The van der Waals surface area contributed by atoms with E-state index in [9.17, 15) is 0 Å². The molecular weight excluding hydrogens is 232 g/mol. The Kier molecular flexibility index (Phi) is 3.85. The molecular formula is C13H22N2OS. The highest BCUT2D eigenvalue weighted by molar-refractivity contribution is 7.09. The highest BCUT2D eigenvalue weighted by Gasteiger charge is 2.59. The maximum atomic E-state index is 5.04. The van der Waals surface area contributed by atoms with Crippen molar-refractivity contribution in [1.29, 1.82) is 0 Å². The predicted molar refractivity (Wildman–Crippen MR) is 71.6 cm³/mol. The van der Waals surface area contributed by atoms with Crippen LogP contribution in [0, 0.1) is 18.3 Å². The van der Waals surface area contributed by atoms with Crippen LogP contribution >= 0.6 is 11.3 Å². The van der Waals surface area contributed by atoms with Crippen molar-refractivity contribution >= 4 is 11.3 Å². The number of aromatic nitrogens is 1. The predicted octanol–water partition coefficient (Wildman–Crippen LogP) is 2.43. The van der Waals surface area contributed by atoms with Crippen LogP contribution in [0.3, 0.4) is 0 Å². The van der Waals surface area contributed by atoms with Crippen molar-refractivity contribution in [2.45, 2.75) is 26.7 Å². The Balaban J connectivity index is 1.88. The molecule has 1 saturated carbocycles. The fourth-order valence-corrected chi connectivity index (χ4v) is 3.72. The molecule has 0 radical (unpaired) electrons. The number of methoxy groups -OCH3 is 1. The van der Waals surface area contributed by atoms with Gasteiger partial charge in [-0.05, 0) is 24.8 Å². The van der Waals surface area contributed by atoms with Gasteiger partial charge in [-0.15, -0.1) is 11.3 Å². The summed E-state index contributed by atoms with van der Waals surface area (Å²) >= 11 is 1.81. The average molecular weight is 254 g/mol. The Hall–Kier alpha value is -0.450. The smallest absolute Gasteiger partial charge is 0.0968 e. The van der Waals surface area contributed by atoms with Gasteiger partial charge in [0.2, 0.25) is 0 Å². The highest BCUT2D eigenvalue weighted by Crippen LogP contribution is 2.64. The first-order valence-corrected chi connectivity index (χ1v) is 7.07. The molecule has 4 heteroatoms. The Morgan fingerprint density at radius 2 is 2.29 bits per heavy atom. The SMILES string of the molecule is COCCNCC1C(c2nc(C)cs2)C1(C)C. The van der Waals surface area contributed by atoms with Gasteiger partial charge in [0.05, 0.1) is 11.6 Å². The minimum Gasteiger partial charge on any atom is -0.383 e. The molecule has 17 heavy (non-hydrogen) atoms. The molecule has 1 aromatic rings. The molecule has 1 fully saturated rings. The van der Waals surface area contributed by atoms with Crippen molar-refractivity contribution in [3.8, 4) is 0 Å². The summed E-state index contributed by atoms with van der Waals surface area (Å²) in [7, 11) is 1.74. The molecule has 1 N–H and O–H groups in total. The van der Waals surface area contributed by atoms with Crippen molar-refractivity contribution in [3.05, 3.63) is 16.1 Å². The van der Waals surface area contributed by atoms with Gasteiger partial charge >= 0.3 is 0 Å². The van der Waals surface area contributed by atoms with Gasteiger partial charge in [0.1, 0.15) is 0 Å². The van der Waals surface area contributed by atoms with E-state index in [1.165, 1.54) is 5.01 Å². The monoisotopic (exact) mass is 254 g/mol. The molecule has 0 aromatic carbocycles. The number of hydrogen-bond donors (Lipinski definition) is 1. The lowest BCUT2D eigenvalue weighted by Gasteiger charge is -2.04. The zero-order valence-corrected chi connectivity index (χ0v) is 11.9. The second-order valence-electron chi connectivity index (χ2n) is 5.43. The van der Waals surface area contributed by atoms with Crippen molar-refractivity contribution < 1.29 is 4.74 Å². The molecule has 1 aliphatic rings. The zero-order valence-electron chi connectivity index (χ0n) is 11.1. The number of ether oxygens (including phenoxy) is 1. The molecule has 0 amide bonds. The number of rotatable bonds is 6. The molecule has 1 aliphatic carbocycles. The molecule has 0 saturated heterocycles. The minimum atomic E-state index is 0.393. The van der Waals surface area contributed by atoms with E-state index in [0.717, 1.165) is 25.4 Å². The van der Waals surface area contributed by atoms with E-state index < -0.39 is 0 Å². The summed E-state index contributed by atoms with van der Waals surface area (Å²) in [5, 5.41) is 6.93. The van der Waals surface area contributed by atoms with Crippen LogP contribution in [0.2, 0.25) is 0 Å². The molecule has 0 spiro atoms. The third-order valence-electron chi connectivity index (χ3n) is 3.80. The summed E-state index contributed by atoms with van der Waals surface area (Å²) in [6.07, 6.45) is 0. The van der Waals surface area contributed by atoms with Gasteiger partial charge in [0, 0.05) is 30.6 Å². The van der Waals surface area contributed by atoms with Crippen LogP contribution < -0.4 is 5.32 Å². The van der Waals surface area contributed by atoms with Crippen molar-refractivity contribution in [2.24, 2.45) is 11.3 Å². The Morgan fingerprint density at radius 1 is 1.53 bits per heavy atom. The van der Waals surface area contributed by atoms with Gasteiger partial charge in [0.15, 0.2) is 0 Å². The van der Waals surface area contributed by atoms with E-state index in [4.69, 9.17) is 4.74 Å². The van der Waals surface area contributed by atoms with Crippen LogP contribution in [-0.2, 0) is 4.74 Å². The van der Waals surface area contributed by atoms with Gasteiger partial charge < -0.3 is 10.1 Å². The van der Waals surface area contributed by atoms with E-state index in [2.05, 4.69) is 36.5 Å². The zero-order chi connectivity index (χ0) is 12.5. The van der Waals surface area contributed by atoms with Gasteiger partial charge in [-0.25, -0.2) is 4.98 Å². The molecule has 2 unspecified atom stereocenters. The normalized spacial score (nSPS) is 26.1. The summed E-state index contributed by atoms with van der Waals surface area (Å²) in [5.41, 5.74) is 1.54. The Morgan fingerprint density at radius 3 is 2.88 bits per heavy atom. The van der Waals surface area contributed by atoms with Crippen LogP contribution in [0.4, 0.5) is 0 Å². The Labute approximate surface area is 108 Å². The van der Waals surface area contributed by atoms with E-state index in [-0.39, 0.29) is 0 Å². The second kappa shape index (κ2) is 5.04. The summed E-state index contributed by atoms with van der Waals surface area (Å²) < 4.78 is 5.04. The lowest BCUT2D eigenvalue weighted by Crippen LogP contribution is -2.22. The van der Waals surface area contributed by atoms with Crippen LogP contribution in [-0.4, -0.2) is 31.8 Å². The Bertz CT molecular complexity index is 375. The number of thiazole rings is 1. The van der Waals surface area contributed by atoms with Crippen LogP contribution in [0.15, 0.2) is 5.38 Å². The highest BCUT2D eigenvalue weighted by atomic mass is 32.1. The van der Waals surface area contributed by atoms with E-state index in [1.807, 2.05) is 0 Å². The molecule has 96 valence electrons. The van der Waals surface area contributed by atoms with Gasteiger partial charge in [-0.2, -0.15) is 0 Å². The maximum Gasteiger partial charge on any atom is 0.0968 e. The third kappa shape index (κ3) is 2.69. The number of hydrogen-bond acceptors (Lipinski definition) is 4. The maximum absolute atomic E-state index is 5.04. The summed E-state index contributed by atoms with van der Waals surface area (Å²) in [6, 6.07) is 0. The van der Waals surface area contributed by atoms with E-state index >= 15 is 0 Å². The fraction of sp³-hybridized carbons (Fsp3) is 0.769. The fourth-order valence-electron chi connectivity index (χ4n) is 2.56. The molecule has 1 heterocycles. The first kappa shape index (κ1) is 13.0. The standard InChI is InChI=1S/C13H22N2OS/c1-9-8-17-12(15-9)11-10(13(11,2)3)7-14-5-6-16-4/h8,10-11,14H,5-7H2,1-4H3. The van der Waals surface area contributed by atoms with Crippen LogP contribution in [0.5, 0.6) is 0 Å². The van der Waals surface area contributed by atoms with Crippen LogP contribution in [0.25, 0.3) is 0 Å². The van der Waals surface area contributed by atoms with Gasteiger partial charge in [-0.1, -0.05) is 13.8 Å². The quantitative estimate of drug-likeness (QED) is 0.792. The van der Waals surface area contributed by atoms with Crippen LogP contribution in [0.1, 0.15) is 30.5 Å². The lowest BCUT2D eigenvalue weighted by molar-refractivity contribution is 0.198. The van der Waals surface area contributed by atoms with Gasteiger partial charge in [-0.3, -0.25) is 0 Å². The summed E-state index contributed by atoms with van der Waals surface area (Å²) in [5.74, 6) is 1.35. The first-order valence-electron chi connectivity index (χ1n) is 6.19. The lowest BCUT2D eigenvalue weighted by atomic mass is 10.1. The summed E-state index contributed by atoms with van der Waals surface area (Å²) in [4.78, 5) is 4.63. The molecule has 0 bridgehead atoms. The van der Waals surface area contributed by atoms with E-state index in [1.54, 1.807) is 18.4 Å². The minimum absolute atomic E-state index is 0.393.